The van der Waals surface area contributed by atoms with Crippen molar-refractivity contribution >= 4 is 0 Å². The summed E-state index contributed by atoms with van der Waals surface area (Å²) in [6.07, 6.45) is -8.94. The minimum absolute atomic E-state index is 0.0483. The lowest BCUT2D eigenvalue weighted by molar-refractivity contribution is -0.208. The van der Waals surface area contributed by atoms with Crippen molar-refractivity contribution in [2.75, 3.05) is 6.61 Å². The van der Waals surface area contributed by atoms with Gasteiger partial charge in [0.05, 0.1) is 13.2 Å². The van der Waals surface area contributed by atoms with E-state index in [1.807, 2.05) is 30.3 Å². The van der Waals surface area contributed by atoms with Gasteiger partial charge in [0, 0.05) is 0 Å². The van der Waals surface area contributed by atoms with Crippen LogP contribution in [0.3, 0.4) is 0 Å². The molecule has 1 N–H and O–H groups in total. The van der Waals surface area contributed by atoms with Crippen molar-refractivity contribution in [3.63, 3.8) is 0 Å². The number of ether oxygens (including phenoxy) is 2. The van der Waals surface area contributed by atoms with Gasteiger partial charge in [0.2, 0.25) is 0 Å². The lowest BCUT2D eigenvalue weighted by Gasteiger charge is -2.11. The highest BCUT2D eigenvalue weighted by molar-refractivity contribution is 5.13. The number of aliphatic hydroxyl groups excluding tert-OH is 1. The van der Waals surface area contributed by atoms with Gasteiger partial charge in [0.25, 0.3) is 0 Å². The molecule has 3 nitrogen and oxygen atoms in total. The molecule has 2 rings (SSSR count). The first-order valence-corrected chi connectivity index (χ1v) is 5.50. The molecule has 1 aliphatic rings. The van der Waals surface area contributed by atoms with Crippen LogP contribution >= 0.6 is 0 Å². The van der Waals surface area contributed by atoms with Crippen molar-refractivity contribution in [3.8, 4) is 0 Å². The molecule has 0 bridgehead atoms. The average molecular weight is 262 g/mol. The van der Waals surface area contributed by atoms with E-state index in [1.165, 1.54) is 0 Å². The Morgan fingerprint density at radius 1 is 1.28 bits per heavy atom. The molecule has 0 aromatic heterocycles. The van der Waals surface area contributed by atoms with Crippen LogP contribution in [0.1, 0.15) is 5.56 Å². The van der Waals surface area contributed by atoms with E-state index in [2.05, 4.69) is 0 Å². The van der Waals surface area contributed by atoms with Crippen molar-refractivity contribution in [1.82, 2.24) is 0 Å². The highest BCUT2D eigenvalue weighted by atomic mass is 19.4. The first kappa shape index (κ1) is 13.3. The number of hydrogen-bond acceptors (Lipinski definition) is 3. The zero-order valence-electron chi connectivity index (χ0n) is 9.43. The molecule has 1 aromatic rings. The van der Waals surface area contributed by atoms with E-state index in [0.29, 0.717) is 6.61 Å². The van der Waals surface area contributed by atoms with Crippen LogP contribution in [0.25, 0.3) is 0 Å². The monoisotopic (exact) mass is 262 g/mol. The zero-order chi connectivity index (χ0) is 13.2. The number of rotatable bonds is 5. The van der Waals surface area contributed by atoms with E-state index in [-0.39, 0.29) is 6.61 Å². The number of aliphatic hydroxyl groups is 1. The summed E-state index contributed by atoms with van der Waals surface area (Å²) in [5.41, 5.74) is 0.936. The van der Waals surface area contributed by atoms with Gasteiger partial charge in [-0.2, -0.15) is 13.2 Å². The molecule has 18 heavy (non-hydrogen) atoms. The fraction of sp³-hybridized carbons (Fsp3) is 0.500. The van der Waals surface area contributed by atoms with Crippen LogP contribution in [0.15, 0.2) is 30.3 Å². The van der Waals surface area contributed by atoms with Crippen LogP contribution in [-0.2, 0) is 16.1 Å². The molecular formula is C12H13F3O3. The van der Waals surface area contributed by atoms with Gasteiger partial charge in [0.15, 0.2) is 6.10 Å². The fourth-order valence-corrected chi connectivity index (χ4v) is 1.62. The normalized spacial score (nSPS) is 24.9. The standard InChI is InChI=1S/C12H13F3O3/c13-12(14,15)11(16)10-9(18-10)7-17-6-8-4-2-1-3-5-8/h1-5,9-11,16H,6-7H2/t9-,10+,11?/m0/s1. The average Bonchev–Trinajstić information content (AvgIpc) is 3.08. The molecule has 1 fully saturated rings. The third-order valence-electron chi connectivity index (χ3n) is 2.66. The van der Waals surface area contributed by atoms with E-state index >= 15 is 0 Å². The summed E-state index contributed by atoms with van der Waals surface area (Å²) < 4.78 is 46.4. The highest BCUT2D eigenvalue weighted by Gasteiger charge is 2.55. The summed E-state index contributed by atoms with van der Waals surface area (Å²) in [7, 11) is 0. The third kappa shape index (κ3) is 3.44. The Hall–Kier alpha value is -1.11. The quantitative estimate of drug-likeness (QED) is 0.824. The van der Waals surface area contributed by atoms with Crippen molar-refractivity contribution in [3.05, 3.63) is 35.9 Å². The van der Waals surface area contributed by atoms with Crippen molar-refractivity contribution < 1.29 is 27.8 Å². The summed E-state index contributed by atoms with van der Waals surface area (Å²) in [6, 6.07) is 9.28. The molecule has 0 amide bonds. The van der Waals surface area contributed by atoms with Gasteiger partial charge >= 0.3 is 6.18 Å². The Balaban J connectivity index is 1.68. The summed E-state index contributed by atoms with van der Waals surface area (Å²) >= 11 is 0. The number of epoxide rings is 1. The lowest BCUT2D eigenvalue weighted by Crippen LogP contribution is -2.35. The molecule has 1 heterocycles. The topological polar surface area (TPSA) is 42.0 Å². The Labute approximate surface area is 102 Å². The van der Waals surface area contributed by atoms with Crippen LogP contribution in [0, 0.1) is 0 Å². The third-order valence-corrected chi connectivity index (χ3v) is 2.66. The van der Waals surface area contributed by atoms with Gasteiger partial charge in [-0.15, -0.1) is 0 Å². The Morgan fingerprint density at radius 2 is 1.94 bits per heavy atom. The minimum atomic E-state index is -4.64. The molecule has 1 aromatic carbocycles. The Morgan fingerprint density at radius 3 is 2.56 bits per heavy atom. The number of halogens is 3. The van der Waals surface area contributed by atoms with Gasteiger partial charge in [0.1, 0.15) is 12.2 Å². The lowest BCUT2D eigenvalue weighted by atomic mass is 10.2. The maximum absolute atomic E-state index is 12.1. The molecule has 0 spiro atoms. The van der Waals surface area contributed by atoms with Crippen molar-refractivity contribution in [2.24, 2.45) is 0 Å². The number of benzene rings is 1. The van der Waals surface area contributed by atoms with Gasteiger partial charge in [-0.3, -0.25) is 0 Å². The summed E-state index contributed by atoms with van der Waals surface area (Å²) in [6.45, 7) is 0.363. The SMILES string of the molecule is OC([C@@H]1O[C@H]1COCc1ccccc1)C(F)(F)F. The second-order valence-electron chi connectivity index (χ2n) is 4.13. The maximum Gasteiger partial charge on any atom is 0.417 e. The van der Waals surface area contributed by atoms with Crippen LogP contribution in [0.4, 0.5) is 13.2 Å². The van der Waals surface area contributed by atoms with E-state index in [0.717, 1.165) is 5.56 Å². The molecule has 1 saturated heterocycles. The molecule has 6 heteroatoms. The van der Waals surface area contributed by atoms with Crippen LogP contribution < -0.4 is 0 Å². The fourth-order valence-electron chi connectivity index (χ4n) is 1.62. The van der Waals surface area contributed by atoms with Crippen LogP contribution in [0.2, 0.25) is 0 Å². The van der Waals surface area contributed by atoms with E-state index < -0.39 is 24.5 Å². The largest absolute Gasteiger partial charge is 0.417 e. The predicted octanol–water partition coefficient (Wildman–Crippen LogP) is 1.89. The van der Waals surface area contributed by atoms with Gasteiger partial charge in [-0.25, -0.2) is 0 Å². The molecular weight excluding hydrogens is 249 g/mol. The van der Waals surface area contributed by atoms with Crippen molar-refractivity contribution in [2.45, 2.75) is 31.1 Å². The van der Waals surface area contributed by atoms with E-state index in [4.69, 9.17) is 14.6 Å². The molecule has 1 aliphatic heterocycles. The first-order valence-electron chi connectivity index (χ1n) is 5.50. The van der Waals surface area contributed by atoms with Gasteiger partial charge in [-0.1, -0.05) is 30.3 Å². The molecule has 0 aliphatic carbocycles. The van der Waals surface area contributed by atoms with Crippen molar-refractivity contribution in [1.29, 1.82) is 0 Å². The van der Waals surface area contributed by atoms with Crippen LogP contribution in [0.5, 0.6) is 0 Å². The molecule has 0 saturated carbocycles. The minimum Gasteiger partial charge on any atom is -0.381 e. The van der Waals surface area contributed by atoms with Crippen LogP contribution in [-0.4, -0.2) is 36.2 Å². The molecule has 0 radical (unpaired) electrons. The Kier molecular flexibility index (Phi) is 3.89. The van der Waals surface area contributed by atoms with E-state index in [9.17, 15) is 13.2 Å². The summed E-state index contributed by atoms with van der Waals surface area (Å²) in [4.78, 5) is 0. The summed E-state index contributed by atoms with van der Waals surface area (Å²) in [5.74, 6) is 0. The maximum atomic E-state index is 12.1. The predicted molar refractivity (Wildman–Crippen MR) is 56.8 cm³/mol. The highest BCUT2D eigenvalue weighted by Crippen LogP contribution is 2.34. The summed E-state index contributed by atoms with van der Waals surface area (Å²) in [5, 5.41) is 8.91. The number of alkyl halides is 3. The zero-order valence-corrected chi connectivity index (χ0v) is 9.43. The van der Waals surface area contributed by atoms with Gasteiger partial charge < -0.3 is 14.6 Å². The first-order chi connectivity index (χ1) is 8.48. The molecule has 1 unspecified atom stereocenters. The molecule has 3 atom stereocenters. The smallest absolute Gasteiger partial charge is 0.381 e. The Bertz CT molecular complexity index is 380. The molecule has 100 valence electrons. The second-order valence-corrected chi connectivity index (χ2v) is 4.13. The number of hydrogen-bond donors (Lipinski definition) is 1. The van der Waals surface area contributed by atoms with Gasteiger partial charge in [-0.05, 0) is 5.56 Å². The second kappa shape index (κ2) is 5.26. The van der Waals surface area contributed by atoms with E-state index in [1.54, 1.807) is 0 Å².